The molecule has 1 aromatic carbocycles. The highest BCUT2D eigenvalue weighted by atomic mass is 19.1. The Morgan fingerprint density at radius 3 is 2.73 bits per heavy atom. The highest BCUT2D eigenvalue weighted by molar-refractivity contribution is 5.55. The summed E-state index contributed by atoms with van der Waals surface area (Å²) in [5.41, 5.74) is 1.71. The molecule has 2 heterocycles. The van der Waals surface area contributed by atoms with Gasteiger partial charge in [0.05, 0.1) is 0 Å². The van der Waals surface area contributed by atoms with Crippen LogP contribution in [0.1, 0.15) is 25.5 Å². The lowest BCUT2D eigenvalue weighted by Gasteiger charge is -2.32. The van der Waals surface area contributed by atoms with Crippen molar-refractivity contribution < 1.29 is 4.39 Å². The summed E-state index contributed by atoms with van der Waals surface area (Å²) in [6.45, 7) is 6.31. The van der Waals surface area contributed by atoms with Gasteiger partial charge < -0.3 is 10.2 Å². The van der Waals surface area contributed by atoms with Gasteiger partial charge in [0.1, 0.15) is 11.6 Å². The van der Waals surface area contributed by atoms with Gasteiger partial charge in [-0.15, -0.1) is 0 Å². The van der Waals surface area contributed by atoms with Crippen LogP contribution in [-0.4, -0.2) is 23.1 Å². The van der Waals surface area contributed by atoms with E-state index in [1.165, 1.54) is 25.0 Å². The lowest BCUT2D eigenvalue weighted by atomic mass is 10.0. The van der Waals surface area contributed by atoms with E-state index in [1.807, 2.05) is 13.0 Å². The smallest absolute Gasteiger partial charge is 0.229 e. The van der Waals surface area contributed by atoms with E-state index in [0.29, 0.717) is 11.9 Å². The lowest BCUT2D eigenvalue weighted by molar-refractivity contribution is 0.444. The van der Waals surface area contributed by atoms with Crippen LogP contribution in [0.2, 0.25) is 0 Å². The minimum absolute atomic E-state index is 0.251. The number of aryl methyl sites for hydroxylation is 1. The second-order valence-corrected chi connectivity index (χ2v) is 6.02. The van der Waals surface area contributed by atoms with Gasteiger partial charge in [0.15, 0.2) is 0 Å². The summed E-state index contributed by atoms with van der Waals surface area (Å²) >= 11 is 0. The molecule has 1 fully saturated rings. The van der Waals surface area contributed by atoms with Crippen LogP contribution in [0.3, 0.4) is 0 Å². The maximum absolute atomic E-state index is 13.0. The van der Waals surface area contributed by atoms with Crippen molar-refractivity contribution in [3.8, 4) is 0 Å². The summed E-state index contributed by atoms with van der Waals surface area (Å²) in [4.78, 5) is 11.4. The molecule has 0 aliphatic carbocycles. The Morgan fingerprint density at radius 2 is 2.00 bits per heavy atom. The molecule has 3 rings (SSSR count). The van der Waals surface area contributed by atoms with Crippen LogP contribution >= 0.6 is 0 Å². The zero-order chi connectivity index (χ0) is 15.5. The Morgan fingerprint density at radius 1 is 1.23 bits per heavy atom. The van der Waals surface area contributed by atoms with E-state index in [1.54, 1.807) is 12.1 Å². The number of benzene rings is 1. The molecule has 1 saturated heterocycles. The van der Waals surface area contributed by atoms with Crippen LogP contribution in [0.5, 0.6) is 0 Å². The van der Waals surface area contributed by atoms with E-state index in [9.17, 15) is 4.39 Å². The summed E-state index contributed by atoms with van der Waals surface area (Å²) in [6.07, 6.45) is 2.48. The molecular weight excluding hydrogens is 279 g/mol. The van der Waals surface area contributed by atoms with Crippen LogP contribution in [0, 0.1) is 18.7 Å². The van der Waals surface area contributed by atoms with Crippen LogP contribution in [-0.2, 0) is 0 Å². The summed E-state index contributed by atoms with van der Waals surface area (Å²) < 4.78 is 13.0. The molecule has 0 amide bonds. The summed E-state index contributed by atoms with van der Waals surface area (Å²) in [5, 5.41) is 3.15. The molecular formula is C17H21FN4. The van der Waals surface area contributed by atoms with Crippen molar-refractivity contribution in [2.45, 2.75) is 26.7 Å². The first kappa shape index (κ1) is 14.8. The standard InChI is InChI=1S/C17H21FN4/c1-12-4-3-9-22(11-12)16-10-13(2)19-17(21-16)20-15-7-5-14(18)6-8-15/h5-8,10,12H,3-4,9,11H2,1-2H3,(H,19,20,21). The number of rotatable bonds is 3. The zero-order valence-corrected chi connectivity index (χ0v) is 13.0. The number of piperidine rings is 1. The predicted octanol–water partition coefficient (Wildman–Crippen LogP) is 3.90. The van der Waals surface area contributed by atoms with Gasteiger partial charge in [-0.1, -0.05) is 6.92 Å². The van der Waals surface area contributed by atoms with Crippen molar-refractivity contribution >= 4 is 17.5 Å². The topological polar surface area (TPSA) is 41.1 Å². The second-order valence-electron chi connectivity index (χ2n) is 6.02. The van der Waals surface area contributed by atoms with Crippen LogP contribution < -0.4 is 10.2 Å². The highest BCUT2D eigenvalue weighted by Gasteiger charge is 2.18. The van der Waals surface area contributed by atoms with Crippen molar-refractivity contribution in [1.29, 1.82) is 0 Å². The van der Waals surface area contributed by atoms with Crippen molar-refractivity contribution in [1.82, 2.24) is 9.97 Å². The molecule has 1 atom stereocenters. The number of nitrogens with zero attached hydrogens (tertiary/aromatic N) is 3. The highest BCUT2D eigenvalue weighted by Crippen LogP contribution is 2.23. The average Bonchev–Trinajstić information content (AvgIpc) is 2.49. The van der Waals surface area contributed by atoms with Gasteiger partial charge in [0, 0.05) is 30.5 Å². The quantitative estimate of drug-likeness (QED) is 0.933. The number of anilines is 3. The number of hydrogen-bond donors (Lipinski definition) is 1. The first-order valence-electron chi connectivity index (χ1n) is 7.73. The number of hydrogen-bond acceptors (Lipinski definition) is 4. The fourth-order valence-corrected chi connectivity index (χ4v) is 2.83. The predicted molar refractivity (Wildman–Crippen MR) is 87.1 cm³/mol. The third-order valence-corrected chi connectivity index (χ3v) is 3.92. The maximum Gasteiger partial charge on any atom is 0.229 e. The summed E-state index contributed by atoms with van der Waals surface area (Å²) in [6, 6.07) is 8.23. The van der Waals surface area contributed by atoms with Crippen LogP contribution in [0.4, 0.5) is 21.8 Å². The molecule has 1 N–H and O–H groups in total. The summed E-state index contributed by atoms with van der Waals surface area (Å²) in [5.74, 6) is 1.96. The number of halogens is 1. The normalized spacial score (nSPS) is 18.3. The molecule has 4 nitrogen and oxygen atoms in total. The van der Waals surface area contributed by atoms with Crippen LogP contribution in [0.25, 0.3) is 0 Å². The first-order chi connectivity index (χ1) is 10.6. The van der Waals surface area contributed by atoms with E-state index >= 15 is 0 Å². The molecule has 1 unspecified atom stereocenters. The minimum atomic E-state index is -0.251. The fraction of sp³-hybridized carbons (Fsp3) is 0.412. The van der Waals surface area contributed by atoms with E-state index < -0.39 is 0 Å². The minimum Gasteiger partial charge on any atom is -0.356 e. The molecule has 0 radical (unpaired) electrons. The molecule has 0 bridgehead atoms. The lowest BCUT2D eigenvalue weighted by Crippen LogP contribution is -2.35. The Hall–Kier alpha value is -2.17. The van der Waals surface area contributed by atoms with Crippen molar-refractivity contribution in [3.63, 3.8) is 0 Å². The molecule has 22 heavy (non-hydrogen) atoms. The fourth-order valence-electron chi connectivity index (χ4n) is 2.83. The largest absolute Gasteiger partial charge is 0.356 e. The zero-order valence-electron chi connectivity index (χ0n) is 13.0. The SMILES string of the molecule is Cc1cc(N2CCCC(C)C2)nc(Nc2ccc(F)cc2)n1. The van der Waals surface area contributed by atoms with Crippen molar-refractivity contribution in [2.75, 3.05) is 23.3 Å². The third kappa shape index (κ3) is 3.53. The number of aromatic nitrogens is 2. The monoisotopic (exact) mass is 300 g/mol. The average molecular weight is 300 g/mol. The third-order valence-electron chi connectivity index (χ3n) is 3.92. The van der Waals surface area contributed by atoms with E-state index in [0.717, 1.165) is 30.3 Å². The van der Waals surface area contributed by atoms with E-state index in [4.69, 9.17) is 0 Å². The van der Waals surface area contributed by atoms with Gasteiger partial charge in [-0.05, 0) is 49.9 Å². The Bertz CT molecular complexity index is 642. The molecule has 2 aromatic rings. The van der Waals surface area contributed by atoms with Crippen molar-refractivity contribution in [3.05, 3.63) is 41.8 Å². The van der Waals surface area contributed by atoms with E-state index in [2.05, 4.69) is 27.1 Å². The molecule has 1 aliphatic rings. The Kier molecular flexibility index (Phi) is 4.22. The summed E-state index contributed by atoms with van der Waals surface area (Å²) in [7, 11) is 0. The molecule has 0 saturated carbocycles. The molecule has 0 spiro atoms. The van der Waals surface area contributed by atoms with Gasteiger partial charge in [-0.3, -0.25) is 0 Å². The number of nitrogens with one attached hydrogen (secondary N) is 1. The first-order valence-corrected chi connectivity index (χ1v) is 7.73. The molecule has 1 aliphatic heterocycles. The van der Waals surface area contributed by atoms with Crippen molar-refractivity contribution in [2.24, 2.45) is 5.92 Å². The van der Waals surface area contributed by atoms with Gasteiger partial charge in [-0.25, -0.2) is 9.37 Å². The van der Waals surface area contributed by atoms with Gasteiger partial charge in [0.2, 0.25) is 5.95 Å². The van der Waals surface area contributed by atoms with E-state index in [-0.39, 0.29) is 5.82 Å². The molecule has 116 valence electrons. The maximum atomic E-state index is 13.0. The Labute approximate surface area is 130 Å². The van der Waals surface area contributed by atoms with Crippen LogP contribution in [0.15, 0.2) is 30.3 Å². The van der Waals surface area contributed by atoms with Gasteiger partial charge in [0.25, 0.3) is 0 Å². The molecule has 5 heteroatoms. The molecule has 1 aromatic heterocycles. The van der Waals surface area contributed by atoms with Gasteiger partial charge in [-0.2, -0.15) is 4.98 Å². The Balaban J connectivity index is 1.81. The van der Waals surface area contributed by atoms with Gasteiger partial charge >= 0.3 is 0 Å². The second kappa shape index (κ2) is 6.30.